The maximum absolute atomic E-state index is 10.5. The van der Waals surface area contributed by atoms with Crippen LogP contribution in [0.3, 0.4) is 0 Å². The van der Waals surface area contributed by atoms with E-state index >= 15 is 0 Å². The molecular formula is C21H25Cl2IN6O. The maximum Gasteiger partial charge on any atom is 0.191 e. The average molecular weight is 575 g/mol. The molecule has 1 aromatic heterocycles. The van der Waals surface area contributed by atoms with Crippen LogP contribution >= 0.6 is 47.2 Å². The molecule has 166 valence electrons. The van der Waals surface area contributed by atoms with Crippen molar-refractivity contribution in [1.82, 2.24) is 25.4 Å². The van der Waals surface area contributed by atoms with E-state index in [2.05, 4.69) is 31.8 Å². The van der Waals surface area contributed by atoms with Gasteiger partial charge in [-0.3, -0.25) is 0 Å². The van der Waals surface area contributed by atoms with E-state index in [1.54, 1.807) is 29.2 Å². The van der Waals surface area contributed by atoms with Gasteiger partial charge < -0.3 is 15.7 Å². The summed E-state index contributed by atoms with van der Waals surface area (Å²) in [6.07, 6.45) is 2.45. The Kier molecular flexibility index (Phi) is 10.5. The monoisotopic (exact) mass is 574 g/mol. The zero-order valence-corrected chi connectivity index (χ0v) is 20.8. The molecule has 0 bridgehead atoms. The lowest BCUT2D eigenvalue weighted by Crippen LogP contribution is -2.39. The van der Waals surface area contributed by atoms with Crippen LogP contribution in [0.5, 0.6) is 0 Å². The second-order valence-electron chi connectivity index (χ2n) is 6.71. The molecule has 2 aromatic carbocycles. The normalized spacial score (nSPS) is 12.2. The van der Waals surface area contributed by atoms with Crippen molar-refractivity contribution < 1.29 is 5.11 Å². The summed E-state index contributed by atoms with van der Waals surface area (Å²) < 4.78 is 1.78. The van der Waals surface area contributed by atoms with E-state index in [-0.39, 0.29) is 30.5 Å². The Morgan fingerprint density at radius 2 is 1.87 bits per heavy atom. The van der Waals surface area contributed by atoms with Crippen molar-refractivity contribution in [3.05, 3.63) is 81.9 Å². The van der Waals surface area contributed by atoms with Gasteiger partial charge in [-0.05, 0) is 41.8 Å². The number of aliphatic hydroxyl groups is 1. The fourth-order valence-electron chi connectivity index (χ4n) is 2.92. The first-order valence-electron chi connectivity index (χ1n) is 9.60. The number of rotatable bonds is 8. The minimum Gasteiger partial charge on any atom is -0.387 e. The predicted molar refractivity (Wildman–Crippen MR) is 135 cm³/mol. The Bertz CT molecular complexity index is 964. The van der Waals surface area contributed by atoms with Gasteiger partial charge in [0.15, 0.2) is 5.96 Å². The number of hydrogen-bond acceptors (Lipinski definition) is 4. The molecule has 0 amide bonds. The van der Waals surface area contributed by atoms with E-state index in [1.165, 1.54) is 6.33 Å². The number of guanidine groups is 1. The molecule has 3 N–H and O–H groups in total. The third kappa shape index (κ3) is 8.29. The van der Waals surface area contributed by atoms with Crippen LogP contribution in [0, 0.1) is 0 Å². The van der Waals surface area contributed by atoms with Crippen molar-refractivity contribution in [2.45, 2.75) is 26.1 Å². The topological polar surface area (TPSA) is 87.4 Å². The highest BCUT2D eigenvalue weighted by molar-refractivity contribution is 14.0. The van der Waals surface area contributed by atoms with Crippen LogP contribution in [0.2, 0.25) is 10.0 Å². The van der Waals surface area contributed by atoms with Crippen molar-refractivity contribution in [2.75, 3.05) is 13.1 Å². The molecule has 1 unspecified atom stereocenters. The molecule has 0 aliphatic heterocycles. The lowest BCUT2D eigenvalue weighted by molar-refractivity contribution is 0.181. The van der Waals surface area contributed by atoms with Gasteiger partial charge in [0.1, 0.15) is 12.7 Å². The first kappa shape index (κ1) is 25.4. The number of nitrogens with zero attached hydrogens (tertiary/aromatic N) is 4. The molecule has 10 heteroatoms. The zero-order valence-electron chi connectivity index (χ0n) is 17.0. The predicted octanol–water partition coefficient (Wildman–Crippen LogP) is 4.04. The van der Waals surface area contributed by atoms with E-state index in [1.807, 2.05) is 25.1 Å². The molecule has 0 fully saturated rings. The SMILES string of the molecule is CCNC(=NCc1cccc(Cn2cncn2)c1)NCC(O)c1cc(Cl)cc(Cl)c1.I. The third-order valence-corrected chi connectivity index (χ3v) is 4.74. The molecule has 1 heterocycles. The van der Waals surface area contributed by atoms with Crippen LogP contribution in [0.15, 0.2) is 60.1 Å². The van der Waals surface area contributed by atoms with E-state index < -0.39 is 6.10 Å². The first-order chi connectivity index (χ1) is 14.5. The highest BCUT2D eigenvalue weighted by Crippen LogP contribution is 2.23. The van der Waals surface area contributed by atoms with E-state index in [4.69, 9.17) is 23.2 Å². The van der Waals surface area contributed by atoms with E-state index in [0.29, 0.717) is 41.2 Å². The van der Waals surface area contributed by atoms with Gasteiger partial charge in [0.25, 0.3) is 0 Å². The van der Waals surface area contributed by atoms with Crippen LogP contribution in [0.1, 0.15) is 29.7 Å². The Morgan fingerprint density at radius 1 is 1.13 bits per heavy atom. The second kappa shape index (κ2) is 12.8. The van der Waals surface area contributed by atoms with Crippen molar-refractivity contribution in [2.24, 2.45) is 4.99 Å². The number of aliphatic imine (C=N–C) groups is 1. The summed E-state index contributed by atoms with van der Waals surface area (Å²) in [6, 6.07) is 13.2. The van der Waals surface area contributed by atoms with Crippen LogP contribution in [0.4, 0.5) is 0 Å². The highest BCUT2D eigenvalue weighted by atomic mass is 127. The Balaban J connectivity index is 0.00000341. The van der Waals surface area contributed by atoms with Crippen LogP contribution in [-0.4, -0.2) is 38.9 Å². The molecular weight excluding hydrogens is 550 g/mol. The molecule has 3 rings (SSSR count). The molecule has 0 aliphatic rings. The van der Waals surface area contributed by atoms with Crippen LogP contribution in [0.25, 0.3) is 0 Å². The quantitative estimate of drug-likeness (QED) is 0.215. The van der Waals surface area contributed by atoms with Gasteiger partial charge in [0, 0.05) is 23.1 Å². The average Bonchev–Trinajstić information content (AvgIpc) is 3.22. The molecule has 0 spiro atoms. The molecule has 0 saturated carbocycles. The van der Waals surface area contributed by atoms with E-state index in [0.717, 1.165) is 11.1 Å². The number of benzene rings is 2. The smallest absolute Gasteiger partial charge is 0.191 e. The van der Waals surface area contributed by atoms with Gasteiger partial charge in [-0.25, -0.2) is 14.7 Å². The second-order valence-corrected chi connectivity index (χ2v) is 7.58. The summed E-state index contributed by atoms with van der Waals surface area (Å²) in [4.78, 5) is 8.58. The number of nitrogens with one attached hydrogen (secondary N) is 2. The van der Waals surface area contributed by atoms with Crippen LogP contribution < -0.4 is 10.6 Å². The summed E-state index contributed by atoms with van der Waals surface area (Å²) >= 11 is 12.0. The lowest BCUT2D eigenvalue weighted by atomic mass is 10.1. The lowest BCUT2D eigenvalue weighted by Gasteiger charge is -2.16. The van der Waals surface area contributed by atoms with Crippen molar-refractivity contribution in [3.8, 4) is 0 Å². The summed E-state index contributed by atoms with van der Waals surface area (Å²) in [5, 5.41) is 21.9. The summed E-state index contributed by atoms with van der Waals surface area (Å²) in [7, 11) is 0. The van der Waals surface area contributed by atoms with E-state index in [9.17, 15) is 5.11 Å². The van der Waals surface area contributed by atoms with Crippen molar-refractivity contribution in [1.29, 1.82) is 0 Å². The van der Waals surface area contributed by atoms with Crippen molar-refractivity contribution >= 4 is 53.1 Å². The van der Waals surface area contributed by atoms with Gasteiger partial charge in [0.2, 0.25) is 0 Å². The molecule has 0 radical (unpaired) electrons. The largest absolute Gasteiger partial charge is 0.387 e. The Morgan fingerprint density at radius 3 is 2.55 bits per heavy atom. The minimum atomic E-state index is -0.768. The third-order valence-electron chi connectivity index (χ3n) is 4.30. The Labute approximate surface area is 208 Å². The van der Waals surface area contributed by atoms with Crippen molar-refractivity contribution in [3.63, 3.8) is 0 Å². The molecule has 31 heavy (non-hydrogen) atoms. The van der Waals surface area contributed by atoms with Gasteiger partial charge in [-0.15, -0.1) is 24.0 Å². The molecule has 0 aliphatic carbocycles. The molecule has 1 atom stereocenters. The summed E-state index contributed by atoms with van der Waals surface area (Å²) in [5.41, 5.74) is 2.85. The highest BCUT2D eigenvalue weighted by Gasteiger charge is 2.10. The number of aliphatic hydroxyl groups excluding tert-OH is 1. The van der Waals surface area contributed by atoms with Crippen LogP contribution in [-0.2, 0) is 13.1 Å². The fourth-order valence-corrected chi connectivity index (χ4v) is 3.46. The number of hydrogen-bond donors (Lipinski definition) is 3. The number of aromatic nitrogens is 3. The van der Waals surface area contributed by atoms with Gasteiger partial charge in [-0.2, -0.15) is 5.10 Å². The van der Waals surface area contributed by atoms with Gasteiger partial charge in [-0.1, -0.05) is 47.5 Å². The maximum atomic E-state index is 10.5. The molecule has 3 aromatic rings. The fraction of sp³-hybridized carbons (Fsp3) is 0.286. The van der Waals surface area contributed by atoms with Gasteiger partial charge >= 0.3 is 0 Å². The minimum absolute atomic E-state index is 0. The molecule has 7 nitrogen and oxygen atoms in total. The van der Waals surface area contributed by atoms with Gasteiger partial charge in [0.05, 0.1) is 19.2 Å². The zero-order chi connectivity index (χ0) is 21.3. The number of halogens is 3. The standard InChI is InChI=1S/C21H24Cl2N6O.HI/c1-2-25-21(27-11-20(30)17-7-18(22)9-19(23)8-17)26-10-15-4-3-5-16(6-15)12-29-14-24-13-28-29;/h3-9,13-14,20,30H,2,10-12H2,1H3,(H2,25,26,27);1H. The summed E-state index contributed by atoms with van der Waals surface area (Å²) in [6.45, 7) is 4.12. The summed E-state index contributed by atoms with van der Waals surface area (Å²) in [5.74, 6) is 0.617. The Hall–Kier alpha value is -1.88. The first-order valence-corrected chi connectivity index (χ1v) is 10.4. The molecule has 0 saturated heterocycles.